The van der Waals surface area contributed by atoms with Crippen molar-refractivity contribution in [3.05, 3.63) is 67.9 Å². The average Bonchev–Trinajstić information content (AvgIpc) is 2.72. The summed E-state index contributed by atoms with van der Waals surface area (Å²) in [6.07, 6.45) is 0. The van der Waals surface area contributed by atoms with Crippen LogP contribution in [0.4, 0.5) is 15.8 Å². The summed E-state index contributed by atoms with van der Waals surface area (Å²) in [6.45, 7) is 2.51. The summed E-state index contributed by atoms with van der Waals surface area (Å²) in [6, 6.07) is 5.84. The van der Waals surface area contributed by atoms with E-state index in [0.29, 0.717) is 0 Å². The van der Waals surface area contributed by atoms with Gasteiger partial charge in [0.15, 0.2) is 6.61 Å². The van der Waals surface area contributed by atoms with Crippen molar-refractivity contribution in [1.82, 2.24) is 5.32 Å². The molecule has 0 radical (unpaired) electrons. The Morgan fingerprint density at radius 1 is 1.16 bits per heavy atom. The van der Waals surface area contributed by atoms with E-state index in [-0.39, 0.29) is 21.3 Å². The summed E-state index contributed by atoms with van der Waals surface area (Å²) in [5.74, 6) is -3.67. The minimum atomic E-state index is -1.16. The number of carbonyl (C=O) groups excluding carboxylic acids is 3. The van der Waals surface area contributed by atoms with Crippen LogP contribution in [0.3, 0.4) is 0 Å². The van der Waals surface area contributed by atoms with Crippen molar-refractivity contribution in [2.45, 2.75) is 19.9 Å². The predicted molar refractivity (Wildman–Crippen MR) is 115 cm³/mol. The van der Waals surface area contributed by atoms with E-state index in [1.165, 1.54) is 24.3 Å². The third-order valence-corrected chi connectivity index (χ3v) is 4.71. The molecule has 170 valence electrons. The zero-order chi connectivity index (χ0) is 24.0. The standard InChI is InChI=1S/C20H18Cl2FN3O6/c1-10(2)18(25-19(28)11-3-5-13(22)16(7-11)26(30)31)20(29)32-9-17(27)24-15-8-12(21)4-6-14(15)23/h3-8,10,18H,9H2,1-2H3,(H,24,27)(H,25,28)/t18-/m0/s1. The number of anilines is 1. The average molecular weight is 486 g/mol. The van der Waals surface area contributed by atoms with Gasteiger partial charge in [-0.15, -0.1) is 0 Å². The summed E-state index contributed by atoms with van der Waals surface area (Å²) in [5, 5.41) is 15.7. The van der Waals surface area contributed by atoms with Gasteiger partial charge in [0, 0.05) is 16.7 Å². The van der Waals surface area contributed by atoms with E-state index in [2.05, 4.69) is 10.6 Å². The van der Waals surface area contributed by atoms with Gasteiger partial charge in [-0.2, -0.15) is 0 Å². The molecule has 0 fully saturated rings. The molecule has 12 heteroatoms. The summed E-state index contributed by atoms with van der Waals surface area (Å²) in [4.78, 5) is 47.1. The van der Waals surface area contributed by atoms with Gasteiger partial charge in [-0.05, 0) is 36.2 Å². The molecule has 32 heavy (non-hydrogen) atoms. The van der Waals surface area contributed by atoms with Gasteiger partial charge < -0.3 is 15.4 Å². The number of nitro benzene ring substituents is 1. The molecule has 0 bridgehead atoms. The van der Waals surface area contributed by atoms with Crippen LogP contribution in [0.15, 0.2) is 36.4 Å². The molecular weight excluding hydrogens is 468 g/mol. The van der Waals surface area contributed by atoms with E-state index < -0.39 is 52.8 Å². The van der Waals surface area contributed by atoms with Crippen molar-refractivity contribution in [1.29, 1.82) is 0 Å². The smallest absolute Gasteiger partial charge is 0.329 e. The zero-order valence-electron chi connectivity index (χ0n) is 16.9. The van der Waals surface area contributed by atoms with Gasteiger partial charge in [0.25, 0.3) is 17.5 Å². The molecule has 9 nitrogen and oxygen atoms in total. The first-order valence-corrected chi connectivity index (χ1v) is 9.91. The largest absolute Gasteiger partial charge is 0.454 e. The fourth-order valence-corrected chi connectivity index (χ4v) is 2.88. The summed E-state index contributed by atoms with van der Waals surface area (Å²) >= 11 is 11.5. The zero-order valence-corrected chi connectivity index (χ0v) is 18.4. The highest BCUT2D eigenvalue weighted by molar-refractivity contribution is 6.32. The van der Waals surface area contributed by atoms with Gasteiger partial charge in [-0.25, -0.2) is 9.18 Å². The number of carbonyl (C=O) groups is 3. The molecule has 0 aromatic heterocycles. The number of amides is 2. The van der Waals surface area contributed by atoms with Gasteiger partial charge in [0.05, 0.1) is 10.6 Å². The third kappa shape index (κ3) is 6.63. The number of benzene rings is 2. The molecule has 0 aliphatic heterocycles. The van der Waals surface area contributed by atoms with Crippen molar-refractivity contribution < 1.29 is 28.4 Å². The Morgan fingerprint density at radius 3 is 2.47 bits per heavy atom. The highest BCUT2D eigenvalue weighted by atomic mass is 35.5. The Kier molecular flexibility index (Phi) is 8.50. The Labute approximate surface area is 192 Å². The minimum absolute atomic E-state index is 0.0891. The second-order valence-corrected chi connectivity index (χ2v) is 7.74. The van der Waals surface area contributed by atoms with Crippen molar-refractivity contribution in [2.75, 3.05) is 11.9 Å². The molecule has 2 amide bonds. The van der Waals surface area contributed by atoms with Gasteiger partial charge in [0.1, 0.15) is 16.9 Å². The normalized spacial score (nSPS) is 11.6. The maximum absolute atomic E-state index is 13.7. The molecule has 0 aliphatic rings. The maximum atomic E-state index is 13.7. The SMILES string of the molecule is CC(C)[C@H](NC(=O)c1ccc(Cl)c([N+](=O)[O-])c1)C(=O)OCC(=O)Nc1cc(Cl)ccc1F. The lowest BCUT2D eigenvalue weighted by Gasteiger charge is -2.20. The molecule has 0 saturated heterocycles. The molecule has 2 aromatic rings. The molecule has 0 saturated carbocycles. The van der Waals surface area contributed by atoms with Crippen molar-refractivity contribution in [3.63, 3.8) is 0 Å². The lowest BCUT2D eigenvalue weighted by Crippen LogP contribution is -2.46. The first-order valence-electron chi connectivity index (χ1n) is 9.16. The van der Waals surface area contributed by atoms with E-state index >= 15 is 0 Å². The summed E-state index contributed by atoms with van der Waals surface area (Å²) in [7, 11) is 0. The van der Waals surface area contributed by atoms with E-state index in [0.717, 1.165) is 12.1 Å². The van der Waals surface area contributed by atoms with E-state index in [1.54, 1.807) is 13.8 Å². The second-order valence-electron chi connectivity index (χ2n) is 6.90. The van der Waals surface area contributed by atoms with Crippen molar-refractivity contribution in [2.24, 2.45) is 5.92 Å². The van der Waals surface area contributed by atoms with Crippen LogP contribution in [0.25, 0.3) is 0 Å². The monoisotopic (exact) mass is 485 g/mol. The predicted octanol–water partition coefficient (Wildman–Crippen LogP) is 3.98. The number of halogens is 3. The summed E-state index contributed by atoms with van der Waals surface area (Å²) in [5.41, 5.74) is -0.738. The maximum Gasteiger partial charge on any atom is 0.329 e. The number of hydrogen-bond donors (Lipinski definition) is 2. The molecular formula is C20H18Cl2FN3O6. The van der Waals surface area contributed by atoms with E-state index in [1.807, 2.05) is 0 Å². The molecule has 2 N–H and O–H groups in total. The first-order chi connectivity index (χ1) is 15.0. The number of nitrogens with zero attached hydrogens (tertiary/aromatic N) is 1. The van der Waals surface area contributed by atoms with Gasteiger partial charge in [-0.1, -0.05) is 37.0 Å². The molecule has 0 heterocycles. The highest BCUT2D eigenvalue weighted by Gasteiger charge is 2.28. The summed E-state index contributed by atoms with van der Waals surface area (Å²) < 4.78 is 18.6. The number of nitrogens with one attached hydrogen (secondary N) is 2. The van der Waals surface area contributed by atoms with Crippen LogP contribution in [0, 0.1) is 21.8 Å². The molecule has 0 spiro atoms. The van der Waals surface area contributed by atoms with Crippen LogP contribution >= 0.6 is 23.2 Å². The number of nitro groups is 1. The van der Waals surface area contributed by atoms with E-state index in [4.69, 9.17) is 27.9 Å². The lowest BCUT2D eigenvalue weighted by atomic mass is 10.0. The van der Waals surface area contributed by atoms with Crippen LogP contribution < -0.4 is 10.6 Å². The van der Waals surface area contributed by atoms with Crippen LogP contribution in [0.1, 0.15) is 24.2 Å². The second kappa shape index (κ2) is 10.9. The van der Waals surface area contributed by atoms with Crippen LogP contribution in [0.2, 0.25) is 10.0 Å². The van der Waals surface area contributed by atoms with Gasteiger partial charge >= 0.3 is 5.97 Å². The number of hydrogen-bond acceptors (Lipinski definition) is 6. The highest BCUT2D eigenvalue weighted by Crippen LogP contribution is 2.25. The Bertz CT molecular complexity index is 1060. The lowest BCUT2D eigenvalue weighted by molar-refractivity contribution is -0.384. The fraction of sp³-hybridized carbons (Fsp3) is 0.250. The fourth-order valence-electron chi connectivity index (χ4n) is 2.52. The Hall–Kier alpha value is -3.24. The van der Waals surface area contributed by atoms with Crippen molar-refractivity contribution in [3.8, 4) is 0 Å². The molecule has 2 aromatic carbocycles. The number of rotatable bonds is 8. The van der Waals surface area contributed by atoms with E-state index in [9.17, 15) is 28.9 Å². The molecule has 0 unspecified atom stereocenters. The van der Waals surface area contributed by atoms with Crippen molar-refractivity contribution >= 4 is 52.4 Å². The number of esters is 1. The van der Waals surface area contributed by atoms with Gasteiger partial charge in [-0.3, -0.25) is 19.7 Å². The Balaban J connectivity index is 2.02. The minimum Gasteiger partial charge on any atom is -0.454 e. The van der Waals surface area contributed by atoms with Gasteiger partial charge in [0.2, 0.25) is 0 Å². The number of ether oxygens (including phenoxy) is 1. The molecule has 2 rings (SSSR count). The van der Waals surface area contributed by atoms with Crippen LogP contribution in [-0.4, -0.2) is 35.4 Å². The topological polar surface area (TPSA) is 128 Å². The molecule has 1 atom stereocenters. The third-order valence-electron chi connectivity index (χ3n) is 4.16. The first kappa shape index (κ1) is 25.0. The molecule has 0 aliphatic carbocycles. The quantitative estimate of drug-likeness (QED) is 0.330. The van der Waals surface area contributed by atoms with Crippen LogP contribution in [0.5, 0.6) is 0 Å². The Morgan fingerprint density at radius 2 is 1.84 bits per heavy atom. The van der Waals surface area contributed by atoms with Crippen LogP contribution in [-0.2, 0) is 14.3 Å².